The molecule has 0 atom stereocenters. The van der Waals surface area contributed by atoms with Crippen molar-refractivity contribution in [2.45, 2.75) is 13.3 Å². The van der Waals surface area contributed by atoms with Crippen LogP contribution in [0, 0.1) is 0 Å². The second-order valence-corrected chi connectivity index (χ2v) is 6.24. The first-order chi connectivity index (χ1) is 13.0. The highest BCUT2D eigenvalue weighted by Crippen LogP contribution is 2.28. The summed E-state index contributed by atoms with van der Waals surface area (Å²) < 4.78 is 5.09. The van der Waals surface area contributed by atoms with Gasteiger partial charge in [0.2, 0.25) is 0 Å². The number of hydrogen-bond acceptors (Lipinski definition) is 4. The number of halogens is 1. The van der Waals surface area contributed by atoms with E-state index in [1.165, 1.54) is 13.2 Å². The quantitative estimate of drug-likeness (QED) is 0.645. The summed E-state index contributed by atoms with van der Waals surface area (Å²) in [6.07, 6.45) is 2.03. The Balaban J connectivity index is 2.03. The summed E-state index contributed by atoms with van der Waals surface area (Å²) in [5.41, 5.74) is 1.66. The number of anilines is 1. The van der Waals surface area contributed by atoms with Gasteiger partial charge < -0.3 is 4.74 Å². The number of hydrogen-bond donors (Lipinski definition) is 1. The van der Waals surface area contributed by atoms with Crippen LogP contribution >= 0.6 is 11.6 Å². The Hall–Kier alpha value is -3.12. The molecule has 0 radical (unpaired) electrons. The van der Waals surface area contributed by atoms with Crippen LogP contribution in [0.1, 0.15) is 18.1 Å². The second kappa shape index (κ2) is 7.63. The summed E-state index contributed by atoms with van der Waals surface area (Å²) in [6, 6.07) is 11.2. The number of aryl methyl sites for hydroxylation is 1. The maximum atomic E-state index is 12.9. The summed E-state index contributed by atoms with van der Waals surface area (Å²) in [5, 5.41) is 2.57. The molecule has 4 amide bonds. The molecule has 0 aromatic heterocycles. The van der Waals surface area contributed by atoms with E-state index in [1.54, 1.807) is 30.3 Å². The van der Waals surface area contributed by atoms with Crippen molar-refractivity contribution >= 4 is 41.2 Å². The molecule has 0 bridgehead atoms. The molecule has 138 valence electrons. The van der Waals surface area contributed by atoms with E-state index in [4.69, 9.17) is 16.3 Å². The zero-order chi connectivity index (χ0) is 19.6. The normalized spacial score (nSPS) is 15.9. The molecule has 1 aliphatic heterocycles. The van der Waals surface area contributed by atoms with Gasteiger partial charge in [0.25, 0.3) is 11.8 Å². The topological polar surface area (TPSA) is 75.7 Å². The van der Waals surface area contributed by atoms with E-state index < -0.39 is 17.8 Å². The van der Waals surface area contributed by atoms with Crippen molar-refractivity contribution in [3.05, 3.63) is 64.2 Å². The zero-order valence-corrected chi connectivity index (χ0v) is 15.5. The first-order valence-corrected chi connectivity index (χ1v) is 8.67. The number of benzene rings is 2. The van der Waals surface area contributed by atoms with Crippen molar-refractivity contribution in [1.82, 2.24) is 5.32 Å². The highest BCUT2D eigenvalue weighted by molar-refractivity contribution is 6.39. The van der Waals surface area contributed by atoms with Crippen molar-refractivity contribution in [2.75, 3.05) is 12.0 Å². The first kappa shape index (κ1) is 18.7. The zero-order valence-electron chi connectivity index (χ0n) is 14.8. The SMILES string of the molecule is CCc1ccccc1N1C(=O)NC(=O)C(=Cc2ccc(OC)c(Cl)c2)C1=O. The molecule has 27 heavy (non-hydrogen) atoms. The van der Waals surface area contributed by atoms with Crippen LogP contribution in [-0.4, -0.2) is 25.0 Å². The van der Waals surface area contributed by atoms with Gasteiger partial charge in [-0.05, 0) is 41.8 Å². The lowest BCUT2D eigenvalue weighted by atomic mass is 10.0. The monoisotopic (exact) mass is 384 g/mol. The minimum absolute atomic E-state index is 0.151. The van der Waals surface area contributed by atoms with Gasteiger partial charge in [0.15, 0.2) is 0 Å². The molecule has 2 aromatic rings. The standard InChI is InChI=1S/C20H17ClN2O4/c1-3-13-6-4-5-7-16(13)23-19(25)14(18(24)22-20(23)26)10-12-8-9-17(27-2)15(21)11-12/h4-11H,3H2,1-2H3,(H,22,24,26). The summed E-state index contributed by atoms with van der Waals surface area (Å²) in [4.78, 5) is 38.5. The maximum Gasteiger partial charge on any atom is 0.335 e. The molecule has 1 aliphatic rings. The van der Waals surface area contributed by atoms with Crippen LogP contribution in [0.2, 0.25) is 5.02 Å². The lowest BCUT2D eigenvalue weighted by molar-refractivity contribution is -0.122. The molecule has 0 spiro atoms. The molecule has 0 unspecified atom stereocenters. The van der Waals surface area contributed by atoms with Crippen LogP contribution in [0.3, 0.4) is 0 Å². The molecule has 2 aromatic carbocycles. The van der Waals surface area contributed by atoms with Gasteiger partial charge in [0, 0.05) is 0 Å². The Kier molecular flexibility index (Phi) is 5.28. The number of carbonyl (C=O) groups is 3. The average molecular weight is 385 g/mol. The number of ether oxygens (including phenoxy) is 1. The number of amides is 4. The van der Waals surface area contributed by atoms with Crippen LogP contribution in [0.5, 0.6) is 5.75 Å². The Bertz CT molecular complexity index is 968. The predicted octanol–water partition coefficient (Wildman–Crippen LogP) is 3.58. The Morgan fingerprint density at radius 3 is 2.56 bits per heavy atom. The number of carbonyl (C=O) groups excluding carboxylic acids is 3. The first-order valence-electron chi connectivity index (χ1n) is 8.29. The van der Waals surface area contributed by atoms with Gasteiger partial charge in [-0.15, -0.1) is 0 Å². The predicted molar refractivity (Wildman–Crippen MR) is 103 cm³/mol. The van der Waals surface area contributed by atoms with E-state index in [0.717, 1.165) is 10.5 Å². The van der Waals surface area contributed by atoms with Crippen LogP contribution in [0.15, 0.2) is 48.0 Å². The van der Waals surface area contributed by atoms with E-state index >= 15 is 0 Å². The second-order valence-electron chi connectivity index (χ2n) is 5.83. The fourth-order valence-electron chi connectivity index (χ4n) is 2.84. The van der Waals surface area contributed by atoms with E-state index in [2.05, 4.69) is 5.32 Å². The van der Waals surface area contributed by atoms with Crippen molar-refractivity contribution in [2.24, 2.45) is 0 Å². The number of imide groups is 2. The van der Waals surface area contributed by atoms with Crippen LogP contribution < -0.4 is 15.0 Å². The van der Waals surface area contributed by atoms with E-state index in [1.807, 2.05) is 19.1 Å². The molecule has 6 nitrogen and oxygen atoms in total. The fraction of sp³-hybridized carbons (Fsp3) is 0.150. The minimum Gasteiger partial charge on any atom is -0.495 e. The molecule has 7 heteroatoms. The molecule has 1 heterocycles. The molecule has 3 rings (SSSR count). The van der Waals surface area contributed by atoms with Gasteiger partial charge in [-0.2, -0.15) is 0 Å². The third-order valence-electron chi connectivity index (χ3n) is 4.20. The highest BCUT2D eigenvalue weighted by Gasteiger charge is 2.37. The van der Waals surface area contributed by atoms with Crippen molar-refractivity contribution in [3.63, 3.8) is 0 Å². The average Bonchev–Trinajstić information content (AvgIpc) is 2.65. The van der Waals surface area contributed by atoms with Crippen LogP contribution in [0.25, 0.3) is 6.08 Å². The number of para-hydroxylation sites is 1. The number of rotatable bonds is 4. The number of methoxy groups -OCH3 is 1. The van der Waals surface area contributed by atoms with Gasteiger partial charge in [-0.1, -0.05) is 42.8 Å². The smallest absolute Gasteiger partial charge is 0.335 e. The van der Waals surface area contributed by atoms with E-state index in [-0.39, 0.29) is 5.57 Å². The van der Waals surface area contributed by atoms with Gasteiger partial charge >= 0.3 is 6.03 Å². The van der Waals surface area contributed by atoms with Crippen LogP contribution in [-0.2, 0) is 16.0 Å². The number of urea groups is 1. The highest BCUT2D eigenvalue weighted by atomic mass is 35.5. The van der Waals surface area contributed by atoms with Crippen molar-refractivity contribution < 1.29 is 19.1 Å². The third-order valence-corrected chi connectivity index (χ3v) is 4.50. The van der Waals surface area contributed by atoms with Crippen molar-refractivity contribution in [3.8, 4) is 5.75 Å². The summed E-state index contributed by atoms with van der Waals surface area (Å²) >= 11 is 6.10. The molecule has 0 aliphatic carbocycles. The number of barbiturate groups is 1. The third kappa shape index (κ3) is 3.57. The summed E-state index contributed by atoms with van der Waals surface area (Å²) in [7, 11) is 1.49. The largest absolute Gasteiger partial charge is 0.495 e. The van der Waals surface area contributed by atoms with Gasteiger partial charge in [0.05, 0.1) is 17.8 Å². The number of nitrogens with one attached hydrogen (secondary N) is 1. The van der Waals surface area contributed by atoms with Gasteiger partial charge in [0.1, 0.15) is 11.3 Å². The maximum absolute atomic E-state index is 12.9. The minimum atomic E-state index is -0.768. The van der Waals surface area contributed by atoms with E-state index in [0.29, 0.717) is 28.4 Å². The van der Waals surface area contributed by atoms with E-state index in [9.17, 15) is 14.4 Å². The molecule has 1 N–H and O–H groups in total. The summed E-state index contributed by atoms with van der Waals surface area (Å²) in [5.74, 6) is -0.953. The molecule has 0 saturated carbocycles. The van der Waals surface area contributed by atoms with Gasteiger partial charge in [-0.3, -0.25) is 14.9 Å². The molecular weight excluding hydrogens is 368 g/mol. The summed E-state index contributed by atoms with van der Waals surface area (Å²) in [6.45, 7) is 1.92. The van der Waals surface area contributed by atoms with Crippen LogP contribution in [0.4, 0.5) is 10.5 Å². The lowest BCUT2D eigenvalue weighted by Gasteiger charge is -2.28. The lowest BCUT2D eigenvalue weighted by Crippen LogP contribution is -2.54. The Morgan fingerprint density at radius 2 is 1.89 bits per heavy atom. The van der Waals surface area contributed by atoms with Crippen molar-refractivity contribution in [1.29, 1.82) is 0 Å². The Labute approximate surface area is 161 Å². The van der Waals surface area contributed by atoms with Gasteiger partial charge in [-0.25, -0.2) is 9.69 Å². The Morgan fingerprint density at radius 1 is 1.15 bits per heavy atom. The molecular formula is C20H17ClN2O4. The molecule has 1 saturated heterocycles. The number of nitrogens with zero attached hydrogens (tertiary/aromatic N) is 1. The molecule has 1 fully saturated rings. The fourth-order valence-corrected chi connectivity index (χ4v) is 3.11.